The van der Waals surface area contributed by atoms with Crippen molar-refractivity contribution in [2.24, 2.45) is 0 Å². The summed E-state index contributed by atoms with van der Waals surface area (Å²) in [5.74, 6) is 0.618. The highest BCUT2D eigenvalue weighted by Crippen LogP contribution is 2.20. The Bertz CT molecular complexity index is 286. The van der Waals surface area contributed by atoms with Crippen molar-refractivity contribution in [3.05, 3.63) is 23.4 Å². The largest absolute Gasteiger partial charge is 0.481 e. The molecule has 1 atom stereocenters. The van der Waals surface area contributed by atoms with E-state index < -0.39 is 6.10 Å². The van der Waals surface area contributed by atoms with Gasteiger partial charge in [0.2, 0.25) is 5.88 Å². The maximum absolute atomic E-state index is 9.54. The molecule has 1 heterocycles. The van der Waals surface area contributed by atoms with Gasteiger partial charge >= 0.3 is 0 Å². The summed E-state index contributed by atoms with van der Waals surface area (Å²) in [7, 11) is 1.59. The van der Waals surface area contributed by atoms with E-state index in [-0.39, 0.29) is 0 Å². The van der Waals surface area contributed by atoms with Gasteiger partial charge in [0.25, 0.3) is 0 Å². The van der Waals surface area contributed by atoms with Crippen molar-refractivity contribution in [1.29, 1.82) is 0 Å². The van der Waals surface area contributed by atoms with E-state index in [1.54, 1.807) is 13.3 Å². The van der Waals surface area contributed by atoms with Crippen molar-refractivity contribution >= 4 is 0 Å². The fourth-order valence-electron chi connectivity index (χ4n) is 1.22. The summed E-state index contributed by atoms with van der Waals surface area (Å²) in [6.45, 7) is 3.85. The second kappa shape index (κ2) is 4.23. The second-order valence-electron chi connectivity index (χ2n) is 3.02. The summed E-state index contributed by atoms with van der Waals surface area (Å²) in [6, 6.07) is 1.90. The first-order valence-electron chi connectivity index (χ1n) is 4.37. The van der Waals surface area contributed by atoms with E-state index in [1.807, 2.05) is 19.9 Å². The third-order valence-corrected chi connectivity index (χ3v) is 2.02. The van der Waals surface area contributed by atoms with Gasteiger partial charge in [0.15, 0.2) is 0 Å². The van der Waals surface area contributed by atoms with Crippen LogP contribution in [0.1, 0.15) is 30.6 Å². The molecule has 1 aromatic rings. The number of nitrogens with zero attached hydrogens (tertiary/aromatic N) is 1. The molecule has 0 fully saturated rings. The molecule has 72 valence electrons. The van der Waals surface area contributed by atoms with E-state index in [1.165, 1.54) is 0 Å². The smallest absolute Gasteiger partial charge is 0.215 e. The number of aliphatic hydroxyl groups excluding tert-OH is 1. The highest BCUT2D eigenvalue weighted by Gasteiger charge is 2.07. The minimum atomic E-state index is -0.419. The molecule has 0 saturated carbocycles. The molecule has 1 N–H and O–H groups in total. The Labute approximate surface area is 78.4 Å². The van der Waals surface area contributed by atoms with E-state index >= 15 is 0 Å². The van der Waals surface area contributed by atoms with Gasteiger partial charge in [0.05, 0.1) is 13.2 Å². The second-order valence-corrected chi connectivity index (χ2v) is 3.02. The first kappa shape index (κ1) is 9.99. The van der Waals surface area contributed by atoms with Gasteiger partial charge in [-0.25, -0.2) is 4.98 Å². The molecule has 0 radical (unpaired) electrons. The molecule has 0 saturated heterocycles. The third-order valence-electron chi connectivity index (χ3n) is 2.02. The van der Waals surface area contributed by atoms with Crippen LogP contribution < -0.4 is 4.74 Å². The summed E-state index contributed by atoms with van der Waals surface area (Å²) in [6.07, 6.45) is 1.94. The van der Waals surface area contributed by atoms with Crippen molar-refractivity contribution in [1.82, 2.24) is 4.98 Å². The number of methoxy groups -OCH3 is 1. The minimum absolute atomic E-state index is 0.419. The van der Waals surface area contributed by atoms with Gasteiger partial charge in [-0.2, -0.15) is 0 Å². The summed E-state index contributed by atoms with van der Waals surface area (Å²) in [4.78, 5) is 4.08. The van der Waals surface area contributed by atoms with Crippen LogP contribution in [0.2, 0.25) is 0 Å². The van der Waals surface area contributed by atoms with Crippen LogP contribution in [0.5, 0.6) is 5.88 Å². The number of hydrogen-bond donors (Lipinski definition) is 1. The molecule has 1 aromatic heterocycles. The molecular weight excluding hydrogens is 166 g/mol. The van der Waals surface area contributed by atoms with Crippen LogP contribution in [0.4, 0.5) is 0 Å². The first-order chi connectivity index (χ1) is 6.19. The monoisotopic (exact) mass is 181 g/mol. The first-order valence-corrected chi connectivity index (χ1v) is 4.37. The van der Waals surface area contributed by atoms with Crippen LogP contribution in [0, 0.1) is 6.92 Å². The van der Waals surface area contributed by atoms with Crippen LogP contribution in [0.25, 0.3) is 0 Å². The summed E-state index contributed by atoms with van der Waals surface area (Å²) in [5, 5.41) is 9.54. The SMILES string of the molecule is CC[C@H](O)c1cnc(OC)c(C)c1. The van der Waals surface area contributed by atoms with Crippen LogP contribution >= 0.6 is 0 Å². The lowest BCUT2D eigenvalue weighted by atomic mass is 10.1. The van der Waals surface area contributed by atoms with E-state index in [4.69, 9.17) is 4.74 Å². The molecule has 0 bridgehead atoms. The lowest BCUT2D eigenvalue weighted by molar-refractivity contribution is 0.173. The van der Waals surface area contributed by atoms with E-state index in [2.05, 4.69) is 4.98 Å². The number of pyridine rings is 1. The van der Waals surface area contributed by atoms with Gasteiger partial charge in [0, 0.05) is 11.8 Å². The summed E-state index contributed by atoms with van der Waals surface area (Å²) >= 11 is 0. The van der Waals surface area contributed by atoms with Gasteiger partial charge < -0.3 is 9.84 Å². The highest BCUT2D eigenvalue weighted by molar-refractivity contribution is 5.29. The van der Waals surface area contributed by atoms with E-state index in [9.17, 15) is 5.11 Å². The zero-order chi connectivity index (χ0) is 9.84. The minimum Gasteiger partial charge on any atom is -0.481 e. The number of aliphatic hydroxyl groups is 1. The lowest BCUT2D eigenvalue weighted by Crippen LogP contribution is -1.99. The highest BCUT2D eigenvalue weighted by atomic mass is 16.5. The summed E-state index contributed by atoms with van der Waals surface area (Å²) < 4.78 is 5.02. The van der Waals surface area contributed by atoms with Crippen molar-refractivity contribution < 1.29 is 9.84 Å². The zero-order valence-corrected chi connectivity index (χ0v) is 8.24. The Balaban J connectivity index is 2.95. The normalized spacial score (nSPS) is 12.6. The topological polar surface area (TPSA) is 42.4 Å². The maximum Gasteiger partial charge on any atom is 0.215 e. The molecule has 1 rings (SSSR count). The van der Waals surface area contributed by atoms with Crippen LogP contribution in [-0.2, 0) is 0 Å². The molecule has 0 unspecified atom stereocenters. The molecule has 0 aliphatic heterocycles. The Hall–Kier alpha value is -1.09. The molecule has 0 aliphatic rings. The standard InChI is InChI=1S/C10H15NO2/c1-4-9(12)8-5-7(2)10(13-3)11-6-8/h5-6,9,12H,4H2,1-3H3/t9-/m0/s1. The molecule has 0 aromatic carbocycles. The van der Waals surface area contributed by atoms with Gasteiger partial charge in [-0.05, 0) is 25.0 Å². The predicted molar refractivity (Wildman–Crippen MR) is 50.8 cm³/mol. The van der Waals surface area contributed by atoms with Crippen molar-refractivity contribution in [3.8, 4) is 5.88 Å². The predicted octanol–water partition coefficient (Wildman–Crippen LogP) is 1.84. The molecular formula is C10H15NO2. The quantitative estimate of drug-likeness (QED) is 0.773. The van der Waals surface area contributed by atoms with Crippen molar-refractivity contribution in [2.45, 2.75) is 26.4 Å². The van der Waals surface area contributed by atoms with Crippen molar-refractivity contribution in [3.63, 3.8) is 0 Å². The van der Waals surface area contributed by atoms with Crippen LogP contribution in [0.3, 0.4) is 0 Å². The molecule has 13 heavy (non-hydrogen) atoms. The number of ether oxygens (including phenoxy) is 1. The molecule has 0 spiro atoms. The number of aryl methyl sites for hydroxylation is 1. The van der Waals surface area contributed by atoms with E-state index in [0.717, 1.165) is 11.1 Å². The molecule has 3 heteroatoms. The zero-order valence-electron chi connectivity index (χ0n) is 8.24. The van der Waals surface area contributed by atoms with E-state index in [0.29, 0.717) is 12.3 Å². The molecule has 3 nitrogen and oxygen atoms in total. The number of hydrogen-bond acceptors (Lipinski definition) is 3. The average Bonchev–Trinajstić information content (AvgIpc) is 2.16. The maximum atomic E-state index is 9.54. The molecule has 0 amide bonds. The molecule has 0 aliphatic carbocycles. The average molecular weight is 181 g/mol. The summed E-state index contributed by atoms with van der Waals surface area (Å²) in [5.41, 5.74) is 1.80. The third kappa shape index (κ3) is 2.18. The van der Waals surface area contributed by atoms with Crippen LogP contribution in [-0.4, -0.2) is 17.2 Å². The Morgan fingerprint density at radius 1 is 1.62 bits per heavy atom. The van der Waals surface area contributed by atoms with Gasteiger partial charge in [-0.1, -0.05) is 6.92 Å². The Kier molecular flexibility index (Phi) is 3.25. The van der Waals surface area contributed by atoms with Gasteiger partial charge in [-0.15, -0.1) is 0 Å². The fourth-order valence-corrected chi connectivity index (χ4v) is 1.22. The van der Waals surface area contributed by atoms with Gasteiger partial charge in [-0.3, -0.25) is 0 Å². The number of aromatic nitrogens is 1. The van der Waals surface area contributed by atoms with Crippen molar-refractivity contribution in [2.75, 3.05) is 7.11 Å². The van der Waals surface area contributed by atoms with Crippen LogP contribution in [0.15, 0.2) is 12.3 Å². The Morgan fingerprint density at radius 3 is 2.77 bits per heavy atom. The Morgan fingerprint density at radius 2 is 2.31 bits per heavy atom. The fraction of sp³-hybridized carbons (Fsp3) is 0.500. The number of rotatable bonds is 3. The lowest BCUT2D eigenvalue weighted by Gasteiger charge is -2.09. The van der Waals surface area contributed by atoms with Gasteiger partial charge in [0.1, 0.15) is 0 Å².